The predicted octanol–water partition coefficient (Wildman–Crippen LogP) is 5.13. The Morgan fingerprint density at radius 1 is 1.09 bits per heavy atom. The number of nitrogens with one attached hydrogen (secondary N) is 2. The first-order valence-corrected chi connectivity index (χ1v) is 10.6. The standard InChI is InChI=1S/C25H26N4O3/c1-17(18-7-4-3-5-8-18)28-24-21-15-22(29-25(21)27-16-26-24)19-10-12-20(13-11-19)32-14-6-9-23(30)31-2/h3-5,7-8,10-13,15-17H,6,9,14H2,1-2H3,(H2,26,27,28,29)/t17-/m1/s1. The number of benzene rings is 2. The van der Waals surface area contributed by atoms with E-state index < -0.39 is 0 Å². The normalized spacial score (nSPS) is 11.8. The Balaban J connectivity index is 1.46. The summed E-state index contributed by atoms with van der Waals surface area (Å²) in [6.45, 7) is 2.58. The zero-order valence-corrected chi connectivity index (χ0v) is 18.2. The summed E-state index contributed by atoms with van der Waals surface area (Å²) in [5, 5.41) is 4.43. The topological polar surface area (TPSA) is 89.1 Å². The van der Waals surface area contributed by atoms with Crippen LogP contribution in [-0.2, 0) is 9.53 Å². The van der Waals surface area contributed by atoms with E-state index in [4.69, 9.17) is 4.74 Å². The summed E-state index contributed by atoms with van der Waals surface area (Å²) in [7, 11) is 1.39. The van der Waals surface area contributed by atoms with Gasteiger partial charge < -0.3 is 19.8 Å². The number of hydrogen-bond donors (Lipinski definition) is 2. The number of esters is 1. The molecule has 4 aromatic rings. The number of carbonyl (C=O) groups is 1. The smallest absolute Gasteiger partial charge is 0.305 e. The fourth-order valence-corrected chi connectivity index (χ4v) is 3.48. The summed E-state index contributed by atoms with van der Waals surface area (Å²) >= 11 is 0. The molecule has 0 aliphatic carbocycles. The van der Waals surface area contributed by atoms with Crippen molar-refractivity contribution in [1.29, 1.82) is 0 Å². The van der Waals surface area contributed by atoms with E-state index in [0.717, 1.165) is 33.9 Å². The third kappa shape index (κ3) is 5.06. The molecule has 0 amide bonds. The van der Waals surface area contributed by atoms with E-state index in [1.165, 1.54) is 12.7 Å². The molecule has 0 saturated carbocycles. The van der Waals surface area contributed by atoms with E-state index in [-0.39, 0.29) is 12.0 Å². The first-order valence-electron chi connectivity index (χ1n) is 10.6. The van der Waals surface area contributed by atoms with E-state index in [9.17, 15) is 4.79 Å². The van der Waals surface area contributed by atoms with Gasteiger partial charge >= 0.3 is 5.97 Å². The number of ether oxygens (including phenoxy) is 2. The number of anilines is 1. The summed E-state index contributed by atoms with van der Waals surface area (Å²) in [6, 6.07) is 20.3. The van der Waals surface area contributed by atoms with Crippen molar-refractivity contribution in [2.24, 2.45) is 0 Å². The van der Waals surface area contributed by atoms with Gasteiger partial charge in [0.15, 0.2) is 0 Å². The van der Waals surface area contributed by atoms with Crippen molar-refractivity contribution in [2.75, 3.05) is 19.0 Å². The SMILES string of the molecule is COC(=O)CCCOc1ccc(-c2cc3c(N[C@H](C)c4ccccc4)ncnc3[nH]2)cc1. The maximum Gasteiger partial charge on any atom is 0.305 e. The number of hydrogen-bond acceptors (Lipinski definition) is 6. The second-order valence-electron chi connectivity index (χ2n) is 7.50. The van der Waals surface area contributed by atoms with E-state index >= 15 is 0 Å². The molecule has 0 saturated heterocycles. The van der Waals surface area contributed by atoms with Gasteiger partial charge in [0.25, 0.3) is 0 Å². The van der Waals surface area contributed by atoms with E-state index in [1.54, 1.807) is 6.33 Å². The molecule has 2 aromatic carbocycles. The molecular formula is C25H26N4O3. The summed E-state index contributed by atoms with van der Waals surface area (Å²) in [5.41, 5.74) is 3.94. The van der Waals surface area contributed by atoms with Gasteiger partial charge in [-0.3, -0.25) is 4.79 Å². The Kier molecular flexibility index (Phi) is 6.65. The van der Waals surface area contributed by atoms with Crippen LogP contribution in [0.3, 0.4) is 0 Å². The van der Waals surface area contributed by atoms with Crippen LogP contribution in [0.25, 0.3) is 22.3 Å². The van der Waals surface area contributed by atoms with Crippen molar-refractivity contribution in [3.05, 3.63) is 72.6 Å². The molecule has 2 heterocycles. The van der Waals surface area contributed by atoms with Crippen molar-refractivity contribution in [1.82, 2.24) is 15.0 Å². The summed E-state index contributed by atoms with van der Waals surface area (Å²) in [4.78, 5) is 23.4. The van der Waals surface area contributed by atoms with Crippen LogP contribution < -0.4 is 10.1 Å². The Morgan fingerprint density at radius 3 is 2.62 bits per heavy atom. The molecule has 32 heavy (non-hydrogen) atoms. The molecule has 0 spiro atoms. The van der Waals surface area contributed by atoms with Crippen LogP contribution in [0.1, 0.15) is 31.4 Å². The number of nitrogens with zero attached hydrogens (tertiary/aromatic N) is 2. The first-order chi connectivity index (χ1) is 15.6. The summed E-state index contributed by atoms with van der Waals surface area (Å²) < 4.78 is 10.3. The minimum atomic E-state index is -0.224. The molecule has 0 aliphatic heterocycles. The van der Waals surface area contributed by atoms with Crippen molar-refractivity contribution in [3.8, 4) is 17.0 Å². The van der Waals surface area contributed by atoms with Crippen LogP contribution in [0.2, 0.25) is 0 Å². The molecule has 0 radical (unpaired) electrons. The third-order valence-electron chi connectivity index (χ3n) is 5.27. The van der Waals surface area contributed by atoms with Gasteiger partial charge in [0.05, 0.1) is 19.1 Å². The lowest BCUT2D eigenvalue weighted by molar-refractivity contribution is -0.140. The fourth-order valence-electron chi connectivity index (χ4n) is 3.48. The number of rotatable bonds is 9. The maximum atomic E-state index is 11.2. The number of fused-ring (bicyclic) bond motifs is 1. The molecule has 2 aromatic heterocycles. The largest absolute Gasteiger partial charge is 0.494 e. The van der Waals surface area contributed by atoms with Gasteiger partial charge in [-0.05, 0) is 54.8 Å². The van der Waals surface area contributed by atoms with Crippen LogP contribution in [-0.4, -0.2) is 34.6 Å². The lowest BCUT2D eigenvalue weighted by Crippen LogP contribution is -2.08. The molecule has 7 heteroatoms. The second-order valence-corrected chi connectivity index (χ2v) is 7.50. The van der Waals surface area contributed by atoms with Gasteiger partial charge in [0.1, 0.15) is 23.5 Å². The van der Waals surface area contributed by atoms with Crippen molar-refractivity contribution >= 4 is 22.8 Å². The summed E-state index contributed by atoms with van der Waals surface area (Å²) in [6.07, 6.45) is 2.53. The highest BCUT2D eigenvalue weighted by Gasteiger charge is 2.12. The number of H-pyrrole nitrogens is 1. The number of carbonyl (C=O) groups excluding carboxylic acids is 1. The molecule has 1 atom stereocenters. The predicted molar refractivity (Wildman–Crippen MR) is 125 cm³/mol. The van der Waals surface area contributed by atoms with Gasteiger partial charge in [-0.25, -0.2) is 9.97 Å². The van der Waals surface area contributed by atoms with Gasteiger partial charge in [0.2, 0.25) is 0 Å². The number of aromatic amines is 1. The van der Waals surface area contributed by atoms with Gasteiger partial charge in [0, 0.05) is 18.2 Å². The van der Waals surface area contributed by atoms with Crippen LogP contribution >= 0.6 is 0 Å². The highest BCUT2D eigenvalue weighted by atomic mass is 16.5. The maximum absolute atomic E-state index is 11.2. The molecule has 0 unspecified atom stereocenters. The minimum absolute atomic E-state index is 0.114. The average Bonchev–Trinajstić information content (AvgIpc) is 3.28. The Hall–Kier alpha value is -3.87. The van der Waals surface area contributed by atoms with Crippen molar-refractivity contribution in [2.45, 2.75) is 25.8 Å². The van der Waals surface area contributed by atoms with Crippen LogP contribution in [0.5, 0.6) is 5.75 Å². The minimum Gasteiger partial charge on any atom is -0.494 e. The second kappa shape index (κ2) is 9.96. The third-order valence-corrected chi connectivity index (χ3v) is 5.27. The van der Waals surface area contributed by atoms with Crippen LogP contribution in [0, 0.1) is 0 Å². The molecule has 0 bridgehead atoms. The first kappa shape index (κ1) is 21.4. The monoisotopic (exact) mass is 430 g/mol. The molecule has 4 rings (SSSR count). The van der Waals surface area contributed by atoms with Gasteiger partial charge in [-0.2, -0.15) is 0 Å². The summed E-state index contributed by atoms with van der Waals surface area (Å²) in [5.74, 6) is 1.32. The Morgan fingerprint density at radius 2 is 1.88 bits per heavy atom. The van der Waals surface area contributed by atoms with E-state index in [2.05, 4.69) is 50.1 Å². The Labute approximate surface area is 186 Å². The zero-order valence-electron chi connectivity index (χ0n) is 18.2. The molecule has 0 aliphatic rings. The molecule has 164 valence electrons. The quantitative estimate of drug-likeness (QED) is 0.283. The molecule has 0 fully saturated rings. The highest BCUT2D eigenvalue weighted by Crippen LogP contribution is 2.29. The molecule has 7 nitrogen and oxygen atoms in total. The Bertz CT molecular complexity index is 1170. The number of methoxy groups -OCH3 is 1. The number of aromatic nitrogens is 3. The van der Waals surface area contributed by atoms with E-state index in [0.29, 0.717) is 19.4 Å². The van der Waals surface area contributed by atoms with Gasteiger partial charge in [-0.15, -0.1) is 0 Å². The highest BCUT2D eigenvalue weighted by molar-refractivity contribution is 5.91. The van der Waals surface area contributed by atoms with E-state index in [1.807, 2.05) is 42.5 Å². The molecule has 2 N–H and O–H groups in total. The zero-order chi connectivity index (χ0) is 22.3. The van der Waals surface area contributed by atoms with Crippen LogP contribution in [0.15, 0.2) is 67.0 Å². The van der Waals surface area contributed by atoms with Gasteiger partial charge in [-0.1, -0.05) is 30.3 Å². The van der Waals surface area contributed by atoms with Crippen molar-refractivity contribution < 1.29 is 14.3 Å². The average molecular weight is 431 g/mol. The van der Waals surface area contributed by atoms with Crippen molar-refractivity contribution in [3.63, 3.8) is 0 Å². The fraction of sp³-hybridized carbons (Fsp3) is 0.240. The lowest BCUT2D eigenvalue weighted by atomic mass is 10.1. The lowest BCUT2D eigenvalue weighted by Gasteiger charge is -2.15. The molecular weight excluding hydrogens is 404 g/mol. The van der Waals surface area contributed by atoms with Crippen LogP contribution in [0.4, 0.5) is 5.82 Å².